The Bertz CT molecular complexity index is 893. The topological polar surface area (TPSA) is 131 Å². The smallest absolute Gasteiger partial charge is 0.273 e. The number of aromatic nitrogens is 4. The molecular formula is C18H24N8O2. The van der Waals surface area contributed by atoms with E-state index in [2.05, 4.69) is 32.4 Å². The number of anilines is 3. The van der Waals surface area contributed by atoms with Gasteiger partial charge in [-0.2, -0.15) is 4.98 Å². The van der Waals surface area contributed by atoms with Crippen molar-refractivity contribution in [2.45, 2.75) is 31.8 Å². The van der Waals surface area contributed by atoms with E-state index in [9.17, 15) is 9.59 Å². The van der Waals surface area contributed by atoms with E-state index in [0.29, 0.717) is 6.54 Å². The highest BCUT2D eigenvalue weighted by molar-refractivity contribution is 5.96. The van der Waals surface area contributed by atoms with Crippen LogP contribution in [0.25, 0.3) is 0 Å². The van der Waals surface area contributed by atoms with E-state index in [1.165, 1.54) is 6.08 Å². The average molecular weight is 384 g/mol. The maximum atomic E-state index is 12.0. The van der Waals surface area contributed by atoms with Gasteiger partial charge < -0.3 is 25.8 Å². The summed E-state index contributed by atoms with van der Waals surface area (Å²) in [7, 11) is 1.88. The lowest BCUT2D eigenvalue weighted by Gasteiger charge is -2.39. The molecule has 10 heteroatoms. The predicted molar refractivity (Wildman–Crippen MR) is 105 cm³/mol. The standard InChI is InChI=1S/C18H24N8O2/c1-4-14(27)26-8-5-6-13(11(26)2)21-18-22-17(15(16(19)28)23-24-18)20-12-7-9-25(3)10-12/h4,7,9-11,13H,1,5-6,8H2,2-3H3,(H2,19,28)(H2,20,21,22,24)/t11-,13-/m1/s1. The van der Waals surface area contributed by atoms with Crippen LogP contribution in [-0.4, -0.2) is 55.1 Å². The van der Waals surface area contributed by atoms with Gasteiger partial charge in [-0.25, -0.2) is 0 Å². The zero-order chi connectivity index (χ0) is 20.3. The number of nitrogens with one attached hydrogen (secondary N) is 2. The van der Waals surface area contributed by atoms with Crippen LogP contribution in [0.3, 0.4) is 0 Å². The van der Waals surface area contributed by atoms with Gasteiger partial charge in [0, 0.05) is 38.1 Å². The first-order valence-corrected chi connectivity index (χ1v) is 9.02. The Hall–Kier alpha value is -3.43. The molecule has 0 spiro atoms. The number of aryl methyl sites for hydroxylation is 1. The highest BCUT2D eigenvalue weighted by atomic mass is 16.2. The van der Waals surface area contributed by atoms with E-state index in [0.717, 1.165) is 18.5 Å². The van der Waals surface area contributed by atoms with Crippen LogP contribution >= 0.6 is 0 Å². The molecule has 1 aliphatic heterocycles. The monoisotopic (exact) mass is 384 g/mol. The fourth-order valence-corrected chi connectivity index (χ4v) is 3.28. The molecule has 2 amide bonds. The van der Waals surface area contributed by atoms with Crippen molar-refractivity contribution in [1.82, 2.24) is 24.6 Å². The second kappa shape index (κ2) is 8.07. The lowest BCUT2D eigenvalue weighted by molar-refractivity contribution is -0.129. The average Bonchev–Trinajstić information content (AvgIpc) is 3.07. The summed E-state index contributed by atoms with van der Waals surface area (Å²) in [6.07, 6.45) is 6.71. The molecule has 0 aliphatic carbocycles. The molecule has 2 aromatic rings. The SMILES string of the molecule is C=CC(=O)N1CCC[C@@H](Nc2nnc(C(N)=O)c(Nc3ccn(C)c3)n2)[C@H]1C. The number of primary amides is 1. The van der Waals surface area contributed by atoms with Crippen molar-refractivity contribution < 1.29 is 9.59 Å². The summed E-state index contributed by atoms with van der Waals surface area (Å²) in [5.41, 5.74) is 6.09. The molecular weight excluding hydrogens is 360 g/mol. The summed E-state index contributed by atoms with van der Waals surface area (Å²) in [5.74, 6) is -0.348. The molecule has 0 unspecified atom stereocenters. The second-order valence-electron chi connectivity index (χ2n) is 6.76. The third-order valence-corrected chi connectivity index (χ3v) is 4.78. The number of hydrogen-bond donors (Lipinski definition) is 3. The molecule has 0 saturated carbocycles. The fraction of sp³-hybridized carbons (Fsp3) is 0.389. The molecule has 0 radical (unpaired) electrons. The number of piperidine rings is 1. The van der Waals surface area contributed by atoms with Crippen molar-refractivity contribution in [2.75, 3.05) is 17.2 Å². The maximum absolute atomic E-state index is 12.0. The Balaban J connectivity index is 1.82. The molecule has 2 aromatic heterocycles. The molecule has 1 fully saturated rings. The Morgan fingerprint density at radius 3 is 2.82 bits per heavy atom. The largest absolute Gasteiger partial charge is 0.364 e. The summed E-state index contributed by atoms with van der Waals surface area (Å²) in [6.45, 7) is 6.21. The molecule has 3 heterocycles. The third-order valence-electron chi connectivity index (χ3n) is 4.78. The van der Waals surface area contributed by atoms with E-state index in [1.807, 2.05) is 37.0 Å². The normalized spacial score (nSPS) is 19.1. The Kier molecular flexibility index (Phi) is 5.57. The van der Waals surface area contributed by atoms with Crippen molar-refractivity contribution in [3.8, 4) is 0 Å². The molecule has 4 N–H and O–H groups in total. The van der Waals surface area contributed by atoms with E-state index in [-0.39, 0.29) is 35.5 Å². The summed E-state index contributed by atoms with van der Waals surface area (Å²) in [5, 5.41) is 14.2. The minimum atomic E-state index is -0.723. The second-order valence-corrected chi connectivity index (χ2v) is 6.76. The van der Waals surface area contributed by atoms with Crippen molar-refractivity contribution in [2.24, 2.45) is 12.8 Å². The lowest BCUT2D eigenvalue weighted by Crippen LogP contribution is -2.51. The van der Waals surface area contributed by atoms with Crippen LogP contribution in [0.2, 0.25) is 0 Å². The number of nitrogens with two attached hydrogens (primary N) is 1. The van der Waals surface area contributed by atoms with Gasteiger partial charge in [-0.3, -0.25) is 9.59 Å². The summed E-state index contributed by atoms with van der Waals surface area (Å²) >= 11 is 0. The van der Waals surface area contributed by atoms with Crippen molar-refractivity contribution in [3.63, 3.8) is 0 Å². The minimum Gasteiger partial charge on any atom is -0.364 e. The molecule has 1 saturated heterocycles. The van der Waals surface area contributed by atoms with E-state index in [1.54, 1.807) is 4.90 Å². The zero-order valence-electron chi connectivity index (χ0n) is 15.9. The van der Waals surface area contributed by atoms with E-state index >= 15 is 0 Å². The number of carbonyl (C=O) groups is 2. The van der Waals surface area contributed by atoms with Crippen LogP contribution in [-0.2, 0) is 11.8 Å². The van der Waals surface area contributed by atoms with Crippen LogP contribution in [0.15, 0.2) is 31.1 Å². The van der Waals surface area contributed by atoms with Gasteiger partial charge in [-0.05, 0) is 31.9 Å². The lowest BCUT2D eigenvalue weighted by atomic mass is 9.97. The van der Waals surface area contributed by atoms with E-state index < -0.39 is 5.91 Å². The van der Waals surface area contributed by atoms with Crippen LogP contribution in [0, 0.1) is 0 Å². The molecule has 1 aliphatic rings. The number of likely N-dealkylation sites (tertiary alicyclic amines) is 1. The van der Waals surface area contributed by atoms with Crippen molar-refractivity contribution >= 4 is 29.3 Å². The number of rotatable bonds is 6. The molecule has 10 nitrogen and oxygen atoms in total. The highest BCUT2D eigenvalue weighted by Gasteiger charge is 2.30. The van der Waals surface area contributed by atoms with Crippen LogP contribution in [0.4, 0.5) is 17.5 Å². The third kappa shape index (κ3) is 4.11. The van der Waals surface area contributed by atoms with Crippen LogP contribution in [0.1, 0.15) is 30.3 Å². The Morgan fingerprint density at radius 2 is 2.18 bits per heavy atom. The molecule has 148 valence electrons. The molecule has 0 bridgehead atoms. The summed E-state index contributed by atoms with van der Waals surface area (Å²) in [4.78, 5) is 29.9. The quantitative estimate of drug-likeness (QED) is 0.634. The van der Waals surface area contributed by atoms with Crippen LogP contribution in [0.5, 0.6) is 0 Å². The van der Waals surface area contributed by atoms with Gasteiger partial charge in [0.15, 0.2) is 11.5 Å². The first kappa shape index (κ1) is 19.3. The summed E-state index contributed by atoms with van der Waals surface area (Å²) in [6, 6.07) is 1.72. The molecule has 2 atom stereocenters. The number of hydrogen-bond acceptors (Lipinski definition) is 7. The first-order valence-electron chi connectivity index (χ1n) is 9.02. The Labute approximate surface area is 162 Å². The van der Waals surface area contributed by atoms with Gasteiger partial charge in [0.1, 0.15) is 0 Å². The van der Waals surface area contributed by atoms with Crippen molar-refractivity contribution in [1.29, 1.82) is 0 Å². The van der Waals surface area contributed by atoms with Gasteiger partial charge in [-0.1, -0.05) is 6.58 Å². The first-order chi connectivity index (χ1) is 13.4. The number of nitrogens with zero attached hydrogens (tertiary/aromatic N) is 5. The molecule has 0 aromatic carbocycles. The van der Waals surface area contributed by atoms with Gasteiger partial charge in [0.25, 0.3) is 5.91 Å². The number of amides is 2. The molecule has 28 heavy (non-hydrogen) atoms. The van der Waals surface area contributed by atoms with Gasteiger partial charge >= 0.3 is 0 Å². The minimum absolute atomic E-state index is 0.0467. The summed E-state index contributed by atoms with van der Waals surface area (Å²) < 4.78 is 1.86. The molecule has 3 rings (SSSR count). The van der Waals surface area contributed by atoms with Gasteiger partial charge in [0.05, 0.1) is 5.69 Å². The van der Waals surface area contributed by atoms with Crippen LogP contribution < -0.4 is 16.4 Å². The predicted octanol–water partition coefficient (Wildman–Crippen LogP) is 1.03. The highest BCUT2D eigenvalue weighted by Crippen LogP contribution is 2.22. The maximum Gasteiger partial charge on any atom is 0.273 e. The van der Waals surface area contributed by atoms with Gasteiger partial charge in [-0.15, -0.1) is 10.2 Å². The fourth-order valence-electron chi connectivity index (χ4n) is 3.28. The van der Waals surface area contributed by atoms with Gasteiger partial charge in [0.2, 0.25) is 11.9 Å². The zero-order valence-corrected chi connectivity index (χ0v) is 15.9. The Morgan fingerprint density at radius 1 is 1.39 bits per heavy atom. The van der Waals surface area contributed by atoms with Crippen molar-refractivity contribution in [3.05, 3.63) is 36.8 Å². The number of carbonyl (C=O) groups excluding carboxylic acids is 2. The van der Waals surface area contributed by atoms with E-state index in [4.69, 9.17) is 5.73 Å².